The van der Waals surface area contributed by atoms with Crippen LogP contribution in [-0.4, -0.2) is 10.2 Å². The Labute approximate surface area is 114 Å². The molecule has 2 N–H and O–H groups in total. The fourth-order valence-corrected chi connectivity index (χ4v) is 2.33. The number of hydrogen-bond donors (Lipinski definition) is 2. The highest BCUT2D eigenvalue weighted by molar-refractivity contribution is 5.91. The Morgan fingerprint density at radius 3 is 2.40 bits per heavy atom. The fraction of sp³-hybridized carbons (Fsp3) is 0.0625. The largest absolute Gasteiger partial charge is 0.504 e. The van der Waals surface area contributed by atoms with Gasteiger partial charge in [-0.2, -0.15) is 0 Å². The lowest BCUT2D eigenvalue weighted by atomic mass is 9.99. The molecule has 3 rings (SSSR count). The standard InChI is InChI=1S/C16H12O4/c1-9-11-7-8-12(17)14(18)15(11)20-16(19)13(9)10-5-3-2-4-6-10/h2-8,17-18H,1H3. The first-order valence-electron chi connectivity index (χ1n) is 6.13. The summed E-state index contributed by atoms with van der Waals surface area (Å²) < 4.78 is 5.17. The summed E-state index contributed by atoms with van der Waals surface area (Å²) in [5, 5.41) is 19.9. The van der Waals surface area contributed by atoms with Gasteiger partial charge in [0.1, 0.15) is 0 Å². The smallest absolute Gasteiger partial charge is 0.344 e. The van der Waals surface area contributed by atoms with E-state index in [1.165, 1.54) is 6.07 Å². The third kappa shape index (κ3) is 1.73. The molecule has 2 aromatic carbocycles. The normalized spacial score (nSPS) is 10.8. The molecule has 0 unspecified atom stereocenters. The van der Waals surface area contributed by atoms with Crippen molar-refractivity contribution in [2.24, 2.45) is 0 Å². The topological polar surface area (TPSA) is 70.7 Å². The van der Waals surface area contributed by atoms with E-state index in [1.807, 2.05) is 30.3 Å². The zero-order valence-electron chi connectivity index (χ0n) is 10.8. The van der Waals surface area contributed by atoms with Crippen molar-refractivity contribution in [1.29, 1.82) is 0 Å². The number of rotatable bonds is 1. The van der Waals surface area contributed by atoms with Crippen molar-refractivity contribution in [3.05, 3.63) is 58.4 Å². The summed E-state index contributed by atoms with van der Waals surface area (Å²) in [7, 11) is 0. The molecule has 0 saturated carbocycles. The summed E-state index contributed by atoms with van der Waals surface area (Å²) >= 11 is 0. The predicted octanol–water partition coefficient (Wildman–Crippen LogP) is 3.18. The second kappa shape index (κ2) is 4.42. The third-order valence-corrected chi connectivity index (χ3v) is 3.35. The van der Waals surface area contributed by atoms with Gasteiger partial charge in [0.25, 0.3) is 0 Å². The number of benzene rings is 2. The van der Waals surface area contributed by atoms with Crippen LogP contribution in [0, 0.1) is 6.92 Å². The van der Waals surface area contributed by atoms with Gasteiger partial charge in [0.2, 0.25) is 5.75 Å². The maximum atomic E-state index is 12.2. The molecule has 0 aliphatic carbocycles. The van der Waals surface area contributed by atoms with Crippen LogP contribution in [0.5, 0.6) is 11.5 Å². The quantitative estimate of drug-likeness (QED) is 0.525. The van der Waals surface area contributed by atoms with Gasteiger partial charge >= 0.3 is 5.63 Å². The van der Waals surface area contributed by atoms with Crippen molar-refractivity contribution in [2.75, 3.05) is 0 Å². The first kappa shape index (κ1) is 12.3. The summed E-state index contributed by atoms with van der Waals surface area (Å²) in [6.07, 6.45) is 0. The summed E-state index contributed by atoms with van der Waals surface area (Å²) in [4.78, 5) is 12.2. The van der Waals surface area contributed by atoms with Gasteiger partial charge in [-0.25, -0.2) is 4.79 Å². The maximum absolute atomic E-state index is 12.2. The molecule has 1 aromatic heterocycles. The first-order chi connectivity index (χ1) is 9.59. The van der Waals surface area contributed by atoms with Gasteiger partial charge in [-0.05, 0) is 30.2 Å². The molecule has 0 spiro atoms. The lowest BCUT2D eigenvalue weighted by molar-refractivity contribution is 0.397. The first-order valence-corrected chi connectivity index (χ1v) is 6.13. The zero-order valence-corrected chi connectivity index (χ0v) is 10.8. The summed E-state index contributed by atoms with van der Waals surface area (Å²) in [6, 6.07) is 12.2. The highest BCUT2D eigenvalue weighted by Gasteiger charge is 2.16. The molecular formula is C16H12O4. The van der Waals surface area contributed by atoms with Gasteiger partial charge < -0.3 is 14.6 Å². The minimum Gasteiger partial charge on any atom is -0.504 e. The van der Waals surface area contributed by atoms with Gasteiger partial charge in [-0.1, -0.05) is 30.3 Å². The van der Waals surface area contributed by atoms with Crippen LogP contribution in [-0.2, 0) is 0 Å². The van der Waals surface area contributed by atoms with E-state index in [-0.39, 0.29) is 11.3 Å². The summed E-state index contributed by atoms with van der Waals surface area (Å²) in [5.41, 5.74) is 1.39. The van der Waals surface area contributed by atoms with Crippen LogP contribution in [0.2, 0.25) is 0 Å². The number of aryl methyl sites for hydroxylation is 1. The number of hydrogen-bond acceptors (Lipinski definition) is 4. The van der Waals surface area contributed by atoms with Gasteiger partial charge in [0.05, 0.1) is 5.56 Å². The highest BCUT2D eigenvalue weighted by Crippen LogP contribution is 2.36. The van der Waals surface area contributed by atoms with Crippen molar-refractivity contribution < 1.29 is 14.6 Å². The second-order valence-corrected chi connectivity index (χ2v) is 4.57. The van der Waals surface area contributed by atoms with E-state index < -0.39 is 11.4 Å². The minimum atomic E-state index is -0.540. The third-order valence-electron chi connectivity index (χ3n) is 3.35. The van der Waals surface area contributed by atoms with E-state index in [4.69, 9.17) is 4.42 Å². The Kier molecular flexibility index (Phi) is 2.71. The maximum Gasteiger partial charge on any atom is 0.344 e. The van der Waals surface area contributed by atoms with Crippen molar-refractivity contribution in [3.63, 3.8) is 0 Å². The molecule has 0 fully saturated rings. The van der Waals surface area contributed by atoms with Crippen molar-refractivity contribution >= 4 is 11.0 Å². The van der Waals surface area contributed by atoms with Gasteiger partial charge in [0, 0.05) is 5.39 Å². The fourth-order valence-electron chi connectivity index (χ4n) is 2.33. The molecule has 20 heavy (non-hydrogen) atoms. The van der Waals surface area contributed by atoms with E-state index in [2.05, 4.69) is 0 Å². The highest BCUT2D eigenvalue weighted by atomic mass is 16.4. The van der Waals surface area contributed by atoms with Crippen LogP contribution < -0.4 is 5.63 Å². The average molecular weight is 268 g/mol. The van der Waals surface area contributed by atoms with E-state index >= 15 is 0 Å². The van der Waals surface area contributed by atoms with E-state index in [1.54, 1.807) is 13.0 Å². The molecule has 0 atom stereocenters. The SMILES string of the molecule is Cc1c(-c2ccccc2)c(=O)oc2c(O)c(O)ccc12. The Bertz CT molecular complexity index is 848. The van der Waals surface area contributed by atoms with Gasteiger partial charge in [-0.15, -0.1) is 0 Å². The Hall–Kier alpha value is -2.75. The van der Waals surface area contributed by atoms with E-state index in [0.29, 0.717) is 16.5 Å². The molecule has 1 heterocycles. The molecule has 0 bridgehead atoms. The summed E-state index contributed by atoms with van der Waals surface area (Å²) in [6.45, 7) is 1.79. The predicted molar refractivity (Wildman–Crippen MR) is 76.0 cm³/mol. The Morgan fingerprint density at radius 1 is 1.00 bits per heavy atom. The molecule has 0 aliphatic heterocycles. The van der Waals surface area contributed by atoms with Crippen LogP contribution in [0.1, 0.15) is 5.56 Å². The second-order valence-electron chi connectivity index (χ2n) is 4.57. The lowest BCUT2D eigenvalue weighted by Gasteiger charge is -2.09. The lowest BCUT2D eigenvalue weighted by Crippen LogP contribution is -2.06. The molecule has 0 aliphatic rings. The van der Waals surface area contributed by atoms with Crippen LogP contribution in [0.15, 0.2) is 51.7 Å². The van der Waals surface area contributed by atoms with E-state index in [9.17, 15) is 15.0 Å². The number of phenols is 2. The molecule has 0 radical (unpaired) electrons. The Balaban J connectivity index is 2.43. The molecule has 0 amide bonds. The zero-order chi connectivity index (χ0) is 14.3. The van der Waals surface area contributed by atoms with Crippen molar-refractivity contribution in [2.45, 2.75) is 6.92 Å². The number of aromatic hydroxyl groups is 2. The molecule has 3 aromatic rings. The van der Waals surface area contributed by atoms with Crippen LogP contribution in [0.25, 0.3) is 22.1 Å². The van der Waals surface area contributed by atoms with Crippen molar-refractivity contribution in [3.8, 4) is 22.6 Å². The number of phenolic OH excluding ortho intramolecular Hbond substituents is 2. The van der Waals surface area contributed by atoms with Crippen molar-refractivity contribution in [1.82, 2.24) is 0 Å². The monoisotopic (exact) mass is 268 g/mol. The molecule has 4 nitrogen and oxygen atoms in total. The van der Waals surface area contributed by atoms with Gasteiger partial charge in [-0.3, -0.25) is 0 Å². The molecule has 0 saturated heterocycles. The van der Waals surface area contributed by atoms with Crippen LogP contribution >= 0.6 is 0 Å². The average Bonchev–Trinajstić information content (AvgIpc) is 2.45. The molecular weight excluding hydrogens is 256 g/mol. The number of fused-ring (bicyclic) bond motifs is 1. The van der Waals surface area contributed by atoms with Crippen LogP contribution in [0.4, 0.5) is 0 Å². The van der Waals surface area contributed by atoms with Gasteiger partial charge in [0.15, 0.2) is 11.3 Å². The van der Waals surface area contributed by atoms with Crippen LogP contribution in [0.3, 0.4) is 0 Å². The van der Waals surface area contributed by atoms with E-state index in [0.717, 1.165) is 5.56 Å². The Morgan fingerprint density at radius 2 is 1.70 bits per heavy atom. The minimum absolute atomic E-state index is 0.00665. The molecule has 4 heteroatoms. The summed E-state index contributed by atoms with van der Waals surface area (Å²) in [5.74, 6) is -0.727. The molecule has 100 valence electrons.